The molecule has 102 valence electrons. The zero-order valence-electron chi connectivity index (χ0n) is 10.6. The van der Waals surface area contributed by atoms with Crippen LogP contribution >= 0.6 is 11.8 Å². The van der Waals surface area contributed by atoms with Crippen LogP contribution in [-0.2, 0) is 16.0 Å². The predicted octanol–water partition coefficient (Wildman–Crippen LogP) is 1.51. The van der Waals surface area contributed by atoms with Gasteiger partial charge in [-0.05, 0) is 17.7 Å². The summed E-state index contributed by atoms with van der Waals surface area (Å²) in [6, 6.07) is 10.2. The van der Waals surface area contributed by atoms with Gasteiger partial charge < -0.3 is 10.0 Å². The molecule has 0 bridgehead atoms. The lowest BCUT2D eigenvalue weighted by atomic mass is 10.0. The van der Waals surface area contributed by atoms with Gasteiger partial charge in [-0.15, -0.1) is 0 Å². The SMILES string of the molecule is O=C(O)C1CN(C(=O)CSCCc2ccccc2)C1. The number of carbonyl (C=O) groups excluding carboxylic acids is 1. The minimum atomic E-state index is -0.805. The topological polar surface area (TPSA) is 57.6 Å². The highest BCUT2D eigenvalue weighted by molar-refractivity contribution is 7.99. The molecule has 0 aromatic heterocycles. The second-order valence-electron chi connectivity index (χ2n) is 4.62. The van der Waals surface area contributed by atoms with Crippen molar-refractivity contribution in [1.82, 2.24) is 4.90 Å². The molecule has 1 N–H and O–H groups in total. The molecular weight excluding hydrogens is 262 g/mol. The number of carboxylic acids is 1. The number of aliphatic carboxylic acids is 1. The molecule has 4 nitrogen and oxygen atoms in total. The summed E-state index contributed by atoms with van der Waals surface area (Å²) in [4.78, 5) is 24.0. The van der Waals surface area contributed by atoms with Gasteiger partial charge in [0.15, 0.2) is 0 Å². The average molecular weight is 279 g/mol. The zero-order valence-corrected chi connectivity index (χ0v) is 11.4. The Kier molecular flexibility index (Phi) is 4.85. The summed E-state index contributed by atoms with van der Waals surface area (Å²) < 4.78 is 0. The second-order valence-corrected chi connectivity index (χ2v) is 5.73. The molecule has 0 aliphatic carbocycles. The van der Waals surface area contributed by atoms with E-state index in [1.54, 1.807) is 16.7 Å². The van der Waals surface area contributed by atoms with E-state index in [1.807, 2.05) is 18.2 Å². The molecule has 0 radical (unpaired) electrons. The Morgan fingerprint density at radius 3 is 2.58 bits per heavy atom. The molecule has 1 aromatic rings. The van der Waals surface area contributed by atoms with Gasteiger partial charge in [-0.1, -0.05) is 30.3 Å². The Morgan fingerprint density at radius 2 is 1.95 bits per heavy atom. The van der Waals surface area contributed by atoms with Crippen LogP contribution in [0.3, 0.4) is 0 Å². The number of rotatable bonds is 6. The molecule has 1 aliphatic rings. The third kappa shape index (κ3) is 3.99. The van der Waals surface area contributed by atoms with Gasteiger partial charge in [-0.2, -0.15) is 11.8 Å². The molecule has 1 fully saturated rings. The molecule has 1 aliphatic heterocycles. The molecule has 0 spiro atoms. The van der Waals surface area contributed by atoms with Crippen molar-refractivity contribution in [2.24, 2.45) is 5.92 Å². The van der Waals surface area contributed by atoms with E-state index in [1.165, 1.54) is 5.56 Å². The third-order valence-electron chi connectivity index (χ3n) is 3.19. The van der Waals surface area contributed by atoms with E-state index in [-0.39, 0.29) is 11.8 Å². The third-order valence-corrected chi connectivity index (χ3v) is 4.13. The molecule has 2 rings (SSSR count). The van der Waals surface area contributed by atoms with Crippen LogP contribution in [0.5, 0.6) is 0 Å². The summed E-state index contributed by atoms with van der Waals surface area (Å²) >= 11 is 1.60. The molecule has 0 atom stereocenters. The number of carboxylic acid groups (broad SMARTS) is 1. The number of aryl methyl sites for hydroxylation is 1. The minimum Gasteiger partial charge on any atom is -0.481 e. The van der Waals surface area contributed by atoms with Crippen LogP contribution in [0.15, 0.2) is 30.3 Å². The van der Waals surface area contributed by atoms with Gasteiger partial charge in [0.25, 0.3) is 0 Å². The molecule has 1 heterocycles. The van der Waals surface area contributed by atoms with E-state index >= 15 is 0 Å². The van der Waals surface area contributed by atoms with Crippen molar-refractivity contribution >= 4 is 23.6 Å². The fraction of sp³-hybridized carbons (Fsp3) is 0.429. The van der Waals surface area contributed by atoms with Gasteiger partial charge >= 0.3 is 5.97 Å². The van der Waals surface area contributed by atoms with Crippen molar-refractivity contribution in [3.8, 4) is 0 Å². The smallest absolute Gasteiger partial charge is 0.310 e. The van der Waals surface area contributed by atoms with E-state index in [0.29, 0.717) is 18.8 Å². The van der Waals surface area contributed by atoms with Crippen molar-refractivity contribution in [2.45, 2.75) is 6.42 Å². The average Bonchev–Trinajstić information content (AvgIpc) is 2.33. The number of hydrogen-bond donors (Lipinski definition) is 1. The Hall–Kier alpha value is -1.49. The Bertz CT molecular complexity index is 443. The van der Waals surface area contributed by atoms with Crippen molar-refractivity contribution in [2.75, 3.05) is 24.6 Å². The molecule has 5 heteroatoms. The lowest BCUT2D eigenvalue weighted by molar-refractivity contribution is -0.151. The van der Waals surface area contributed by atoms with Crippen LogP contribution in [0.2, 0.25) is 0 Å². The van der Waals surface area contributed by atoms with Gasteiger partial charge in [0.1, 0.15) is 0 Å². The summed E-state index contributed by atoms with van der Waals surface area (Å²) in [5.41, 5.74) is 1.28. The Labute approximate surface area is 116 Å². The minimum absolute atomic E-state index is 0.0514. The first-order chi connectivity index (χ1) is 9.16. The number of benzene rings is 1. The monoisotopic (exact) mass is 279 g/mol. The Morgan fingerprint density at radius 1 is 1.26 bits per heavy atom. The van der Waals surface area contributed by atoms with Gasteiger partial charge in [-0.25, -0.2) is 0 Å². The largest absolute Gasteiger partial charge is 0.481 e. The van der Waals surface area contributed by atoms with Gasteiger partial charge in [0.05, 0.1) is 11.7 Å². The highest BCUT2D eigenvalue weighted by Crippen LogP contribution is 2.17. The molecule has 19 heavy (non-hydrogen) atoms. The standard InChI is InChI=1S/C14H17NO3S/c16-13(15-8-12(9-15)14(17)18)10-19-7-6-11-4-2-1-3-5-11/h1-5,12H,6-10H2,(H,17,18). The summed E-state index contributed by atoms with van der Waals surface area (Å²) in [5, 5.41) is 8.73. The molecular formula is C14H17NO3S. The van der Waals surface area contributed by atoms with Gasteiger partial charge in [0, 0.05) is 13.1 Å². The van der Waals surface area contributed by atoms with E-state index in [2.05, 4.69) is 12.1 Å². The molecule has 0 saturated carbocycles. The van der Waals surface area contributed by atoms with Crippen LogP contribution in [0.25, 0.3) is 0 Å². The predicted molar refractivity (Wildman–Crippen MR) is 75.2 cm³/mol. The van der Waals surface area contributed by atoms with E-state index in [9.17, 15) is 9.59 Å². The maximum Gasteiger partial charge on any atom is 0.310 e. The van der Waals surface area contributed by atoms with E-state index in [4.69, 9.17) is 5.11 Å². The normalized spacial score (nSPS) is 15.1. The quantitative estimate of drug-likeness (QED) is 0.802. The number of carbonyl (C=O) groups is 2. The van der Waals surface area contributed by atoms with Crippen LogP contribution < -0.4 is 0 Å². The number of likely N-dealkylation sites (tertiary alicyclic amines) is 1. The van der Waals surface area contributed by atoms with Crippen LogP contribution in [0, 0.1) is 5.92 Å². The number of nitrogens with zero attached hydrogens (tertiary/aromatic N) is 1. The fourth-order valence-corrected chi connectivity index (χ4v) is 2.81. The number of hydrogen-bond acceptors (Lipinski definition) is 3. The molecule has 1 aromatic carbocycles. The molecule has 1 saturated heterocycles. The van der Waals surface area contributed by atoms with Crippen LogP contribution in [0.1, 0.15) is 5.56 Å². The summed E-state index contributed by atoms with van der Waals surface area (Å²) in [6.07, 6.45) is 0.955. The first-order valence-corrected chi connectivity index (χ1v) is 7.44. The highest BCUT2D eigenvalue weighted by atomic mass is 32.2. The first-order valence-electron chi connectivity index (χ1n) is 6.29. The summed E-state index contributed by atoms with van der Waals surface area (Å²) in [5.74, 6) is 0.236. The van der Waals surface area contributed by atoms with Gasteiger partial charge in [0.2, 0.25) is 5.91 Å². The van der Waals surface area contributed by atoms with Gasteiger partial charge in [-0.3, -0.25) is 9.59 Å². The summed E-state index contributed by atoms with van der Waals surface area (Å²) in [6.45, 7) is 0.737. The van der Waals surface area contributed by atoms with Crippen molar-refractivity contribution in [3.63, 3.8) is 0 Å². The Balaban J connectivity index is 1.59. The number of amides is 1. The fourth-order valence-electron chi connectivity index (χ4n) is 1.92. The second kappa shape index (κ2) is 6.61. The van der Waals surface area contributed by atoms with Crippen molar-refractivity contribution < 1.29 is 14.7 Å². The lowest BCUT2D eigenvalue weighted by Gasteiger charge is -2.36. The van der Waals surface area contributed by atoms with E-state index < -0.39 is 5.97 Å². The lowest BCUT2D eigenvalue weighted by Crippen LogP contribution is -2.53. The molecule has 0 unspecified atom stereocenters. The van der Waals surface area contributed by atoms with Crippen LogP contribution in [0.4, 0.5) is 0 Å². The maximum absolute atomic E-state index is 11.7. The summed E-state index contributed by atoms with van der Waals surface area (Å²) in [7, 11) is 0. The molecule has 1 amide bonds. The van der Waals surface area contributed by atoms with Crippen molar-refractivity contribution in [1.29, 1.82) is 0 Å². The maximum atomic E-state index is 11.7. The number of thioether (sulfide) groups is 1. The zero-order chi connectivity index (χ0) is 13.7. The first kappa shape index (κ1) is 13.9. The van der Waals surface area contributed by atoms with Crippen LogP contribution in [-0.4, -0.2) is 46.5 Å². The van der Waals surface area contributed by atoms with Crippen molar-refractivity contribution in [3.05, 3.63) is 35.9 Å². The highest BCUT2D eigenvalue weighted by Gasteiger charge is 2.35. The van der Waals surface area contributed by atoms with E-state index in [0.717, 1.165) is 12.2 Å².